The minimum atomic E-state index is -3.33. The molecule has 0 aliphatic carbocycles. The number of anilines is 1. The molecule has 1 fully saturated rings. The van der Waals surface area contributed by atoms with E-state index in [1.54, 1.807) is 16.4 Å². The van der Waals surface area contributed by atoms with E-state index < -0.39 is 10.0 Å². The van der Waals surface area contributed by atoms with Crippen molar-refractivity contribution in [3.05, 3.63) is 24.3 Å². The van der Waals surface area contributed by atoms with Crippen LogP contribution < -0.4 is 5.32 Å². The summed E-state index contributed by atoms with van der Waals surface area (Å²) in [5, 5.41) is 3.53. The summed E-state index contributed by atoms with van der Waals surface area (Å²) in [5.41, 5.74) is 0.948. The quantitative estimate of drug-likeness (QED) is 0.926. The highest BCUT2D eigenvalue weighted by atomic mass is 32.2. The molecule has 0 saturated carbocycles. The zero-order chi connectivity index (χ0) is 13.9. The summed E-state index contributed by atoms with van der Waals surface area (Å²) in [6.07, 6.45) is 0. The summed E-state index contributed by atoms with van der Waals surface area (Å²) in [4.78, 5) is 0.383. The van der Waals surface area contributed by atoms with E-state index in [1.165, 1.54) is 0 Å². The van der Waals surface area contributed by atoms with Crippen LogP contribution in [0.5, 0.6) is 0 Å². The Morgan fingerprint density at radius 1 is 1.37 bits per heavy atom. The molecule has 6 heteroatoms. The molecule has 1 N–H and O–H groups in total. The maximum Gasteiger partial charge on any atom is 0.243 e. The number of hydrogen-bond donors (Lipinski definition) is 1. The van der Waals surface area contributed by atoms with Gasteiger partial charge in [0.25, 0.3) is 0 Å². The summed E-state index contributed by atoms with van der Waals surface area (Å²) in [6.45, 7) is 6.11. The third kappa shape index (κ3) is 3.43. The SMILES string of the molecule is CCNc1ccc(S(=O)(=O)N2CCSC(C)C2)cc1. The summed E-state index contributed by atoms with van der Waals surface area (Å²) in [6, 6.07) is 7.00. The van der Waals surface area contributed by atoms with E-state index in [1.807, 2.05) is 30.8 Å². The van der Waals surface area contributed by atoms with Gasteiger partial charge in [-0.1, -0.05) is 6.92 Å². The standard InChI is InChI=1S/C13H20N2O2S2/c1-3-14-12-4-6-13(7-5-12)19(16,17)15-8-9-18-11(2)10-15/h4-7,11,14H,3,8-10H2,1-2H3. The largest absolute Gasteiger partial charge is 0.385 e. The molecule has 1 unspecified atom stereocenters. The average molecular weight is 300 g/mol. The molecular weight excluding hydrogens is 280 g/mol. The number of hydrogen-bond acceptors (Lipinski definition) is 4. The van der Waals surface area contributed by atoms with Crippen molar-refractivity contribution < 1.29 is 8.42 Å². The van der Waals surface area contributed by atoms with Gasteiger partial charge in [0.2, 0.25) is 10.0 Å². The lowest BCUT2D eigenvalue weighted by Gasteiger charge is -2.29. The monoisotopic (exact) mass is 300 g/mol. The molecule has 106 valence electrons. The number of benzene rings is 1. The van der Waals surface area contributed by atoms with E-state index in [4.69, 9.17) is 0 Å². The summed E-state index contributed by atoms with van der Waals surface area (Å²) < 4.78 is 26.6. The Bertz CT molecular complexity index is 514. The van der Waals surface area contributed by atoms with Crippen molar-refractivity contribution in [2.45, 2.75) is 24.0 Å². The lowest BCUT2D eigenvalue weighted by Crippen LogP contribution is -2.40. The van der Waals surface area contributed by atoms with Gasteiger partial charge in [-0.25, -0.2) is 8.42 Å². The van der Waals surface area contributed by atoms with E-state index in [-0.39, 0.29) is 0 Å². The molecule has 2 rings (SSSR count). The molecule has 1 aromatic carbocycles. The summed E-state index contributed by atoms with van der Waals surface area (Å²) in [7, 11) is -3.33. The third-order valence-corrected chi connectivity index (χ3v) is 6.09. The first kappa shape index (κ1) is 14.7. The van der Waals surface area contributed by atoms with Crippen LogP contribution in [0.15, 0.2) is 29.2 Å². The van der Waals surface area contributed by atoms with Gasteiger partial charge in [-0.15, -0.1) is 0 Å². The molecule has 1 heterocycles. The molecule has 0 aromatic heterocycles. The summed E-state index contributed by atoms with van der Waals surface area (Å²) in [5.74, 6) is 0.871. The summed E-state index contributed by atoms with van der Waals surface area (Å²) >= 11 is 1.83. The van der Waals surface area contributed by atoms with Crippen LogP contribution in [-0.2, 0) is 10.0 Å². The Hall–Kier alpha value is -0.720. The zero-order valence-electron chi connectivity index (χ0n) is 11.3. The molecule has 4 nitrogen and oxygen atoms in total. The van der Waals surface area contributed by atoms with Crippen LogP contribution in [0.25, 0.3) is 0 Å². The molecule has 1 atom stereocenters. The first-order valence-electron chi connectivity index (χ1n) is 6.49. The van der Waals surface area contributed by atoms with Crippen molar-refractivity contribution in [1.29, 1.82) is 0 Å². The Morgan fingerprint density at radius 3 is 2.63 bits per heavy atom. The maximum absolute atomic E-state index is 12.5. The lowest BCUT2D eigenvalue weighted by atomic mass is 10.3. The van der Waals surface area contributed by atoms with E-state index in [2.05, 4.69) is 12.2 Å². The fourth-order valence-electron chi connectivity index (χ4n) is 2.10. The molecule has 0 spiro atoms. The highest BCUT2D eigenvalue weighted by molar-refractivity contribution is 8.00. The topological polar surface area (TPSA) is 49.4 Å². The van der Waals surface area contributed by atoms with E-state index in [0.717, 1.165) is 18.0 Å². The van der Waals surface area contributed by atoms with Crippen LogP contribution >= 0.6 is 11.8 Å². The lowest BCUT2D eigenvalue weighted by molar-refractivity contribution is 0.424. The maximum atomic E-state index is 12.5. The van der Waals surface area contributed by atoms with Crippen molar-refractivity contribution in [2.24, 2.45) is 0 Å². The van der Waals surface area contributed by atoms with Gasteiger partial charge in [0, 0.05) is 36.3 Å². The molecule has 19 heavy (non-hydrogen) atoms. The van der Waals surface area contributed by atoms with Crippen LogP contribution in [0.3, 0.4) is 0 Å². The van der Waals surface area contributed by atoms with Gasteiger partial charge in [0.1, 0.15) is 0 Å². The van der Waals surface area contributed by atoms with Gasteiger partial charge in [-0.2, -0.15) is 16.1 Å². The van der Waals surface area contributed by atoms with Gasteiger partial charge in [-0.3, -0.25) is 0 Å². The molecule has 1 aliphatic heterocycles. The highest BCUT2D eigenvalue weighted by Crippen LogP contribution is 2.24. The van der Waals surface area contributed by atoms with Crippen molar-refractivity contribution >= 4 is 27.5 Å². The van der Waals surface area contributed by atoms with E-state index in [9.17, 15) is 8.42 Å². The fourth-order valence-corrected chi connectivity index (χ4v) is 4.86. The molecule has 1 aromatic rings. The van der Waals surface area contributed by atoms with E-state index in [0.29, 0.717) is 23.2 Å². The molecule has 1 aliphatic rings. The number of nitrogens with zero attached hydrogens (tertiary/aromatic N) is 1. The minimum Gasteiger partial charge on any atom is -0.385 e. The van der Waals surface area contributed by atoms with Gasteiger partial charge >= 0.3 is 0 Å². The molecule has 0 radical (unpaired) electrons. The molecular formula is C13H20N2O2S2. The van der Waals surface area contributed by atoms with Gasteiger partial charge in [0.05, 0.1) is 4.90 Å². The highest BCUT2D eigenvalue weighted by Gasteiger charge is 2.28. The Balaban J connectivity index is 2.18. The van der Waals surface area contributed by atoms with Crippen LogP contribution in [0.4, 0.5) is 5.69 Å². The Kier molecular flexibility index (Phi) is 4.76. The van der Waals surface area contributed by atoms with Crippen LogP contribution in [0.2, 0.25) is 0 Å². The van der Waals surface area contributed by atoms with Gasteiger partial charge in [-0.05, 0) is 31.2 Å². The van der Waals surface area contributed by atoms with Gasteiger partial charge < -0.3 is 5.32 Å². The predicted octanol–water partition coefficient (Wildman–Crippen LogP) is 2.24. The minimum absolute atomic E-state index is 0.365. The second-order valence-corrected chi connectivity index (χ2v) is 8.08. The van der Waals surface area contributed by atoms with Crippen molar-refractivity contribution in [1.82, 2.24) is 4.31 Å². The van der Waals surface area contributed by atoms with Crippen molar-refractivity contribution in [3.63, 3.8) is 0 Å². The normalized spacial score (nSPS) is 21.3. The van der Waals surface area contributed by atoms with Crippen molar-refractivity contribution in [3.8, 4) is 0 Å². The molecule has 1 saturated heterocycles. The number of sulfonamides is 1. The first-order valence-corrected chi connectivity index (χ1v) is 8.98. The second kappa shape index (κ2) is 6.15. The Morgan fingerprint density at radius 2 is 2.05 bits per heavy atom. The average Bonchev–Trinajstić information content (AvgIpc) is 2.40. The molecule has 0 amide bonds. The second-order valence-electron chi connectivity index (χ2n) is 4.60. The zero-order valence-corrected chi connectivity index (χ0v) is 12.9. The fraction of sp³-hybridized carbons (Fsp3) is 0.538. The third-order valence-electron chi connectivity index (χ3n) is 3.08. The van der Waals surface area contributed by atoms with Crippen LogP contribution in [0, 0.1) is 0 Å². The predicted molar refractivity (Wildman–Crippen MR) is 81.3 cm³/mol. The first-order chi connectivity index (χ1) is 9.04. The number of rotatable bonds is 4. The smallest absolute Gasteiger partial charge is 0.243 e. The molecule has 0 bridgehead atoms. The van der Waals surface area contributed by atoms with Crippen LogP contribution in [0.1, 0.15) is 13.8 Å². The van der Waals surface area contributed by atoms with Crippen LogP contribution in [-0.4, -0.2) is 43.4 Å². The van der Waals surface area contributed by atoms with Crippen molar-refractivity contribution in [2.75, 3.05) is 30.7 Å². The van der Waals surface area contributed by atoms with Gasteiger partial charge in [0.15, 0.2) is 0 Å². The van der Waals surface area contributed by atoms with E-state index >= 15 is 0 Å². The number of thioether (sulfide) groups is 1. The number of nitrogens with one attached hydrogen (secondary N) is 1. The Labute approximate surface area is 119 Å².